The summed E-state index contributed by atoms with van der Waals surface area (Å²) in [6, 6.07) is -0.559. The first-order chi connectivity index (χ1) is 14.6. The van der Waals surface area contributed by atoms with E-state index in [1.807, 2.05) is 6.92 Å². The smallest absolute Gasteiger partial charge is 0.131 e. The van der Waals surface area contributed by atoms with Crippen LogP contribution >= 0.6 is 0 Å². The van der Waals surface area contributed by atoms with Gasteiger partial charge in [-0.05, 0) is 87.3 Å². The molecule has 0 aromatic carbocycles. The number of allylic oxidation sites excluding steroid dienone is 2. The van der Waals surface area contributed by atoms with Gasteiger partial charge in [0, 0.05) is 15.0 Å². The SMILES string of the molecule is [2H]C1=C2C([2H])([2H])CC3C4CC([2H])([2H])[C@@](O)(C#C)[C@@]4(CC)CCC3[C@@]2([2H])CC([2H])([2H])C1=NO. The summed E-state index contributed by atoms with van der Waals surface area (Å²) in [4.78, 5) is 0. The monoisotopic (exact) mass is 335 g/mol. The van der Waals surface area contributed by atoms with Crippen molar-refractivity contribution in [2.45, 2.75) is 70.2 Å². The molecule has 0 radical (unpaired) electrons. The van der Waals surface area contributed by atoms with E-state index in [0.717, 1.165) is 0 Å². The Bertz CT molecular complexity index is 956. The van der Waals surface area contributed by atoms with Gasteiger partial charge in [-0.15, -0.1) is 6.42 Å². The third-order valence-electron chi connectivity index (χ3n) is 6.86. The normalized spacial score (nSPS) is 63.5. The predicted octanol–water partition coefficient (Wildman–Crippen LogP) is 4.14. The number of oxime groups is 1. The second-order valence-corrected chi connectivity index (χ2v) is 7.37. The maximum absolute atomic E-state index is 11.4. The summed E-state index contributed by atoms with van der Waals surface area (Å²) in [6.07, 6.45) is -0.326. The summed E-state index contributed by atoms with van der Waals surface area (Å²) < 4.78 is 69.0. The van der Waals surface area contributed by atoms with Gasteiger partial charge in [-0.2, -0.15) is 0 Å². The van der Waals surface area contributed by atoms with Crippen molar-refractivity contribution in [1.29, 1.82) is 0 Å². The molecule has 6 atom stereocenters. The fraction of sp³-hybridized carbons (Fsp3) is 0.762. The molecule has 3 saturated carbocycles. The molecule has 0 saturated heterocycles. The lowest BCUT2D eigenvalue weighted by Gasteiger charge is -2.56. The van der Waals surface area contributed by atoms with E-state index in [4.69, 9.17) is 16.0 Å². The van der Waals surface area contributed by atoms with Gasteiger partial charge in [0.1, 0.15) is 5.60 Å². The van der Waals surface area contributed by atoms with Crippen molar-refractivity contribution in [3.63, 3.8) is 0 Å². The highest BCUT2D eigenvalue weighted by atomic mass is 16.4. The highest BCUT2D eigenvalue weighted by Crippen LogP contribution is 2.66. The minimum absolute atomic E-state index is 0.0577. The number of fused-ring (bicyclic) bond motifs is 5. The molecule has 0 amide bonds. The Kier molecular flexibility index (Phi) is 2.21. The Balaban J connectivity index is 1.91. The molecule has 0 heterocycles. The molecule has 4 aliphatic rings. The van der Waals surface area contributed by atoms with Crippen LogP contribution in [0.1, 0.15) is 75.5 Å². The van der Waals surface area contributed by atoms with Gasteiger partial charge in [0.25, 0.3) is 0 Å². The zero-order valence-electron chi connectivity index (χ0n) is 21.9. The van der Waals surface area contributed by atoms with Gasteiger partial charge in [0.2, 0.25) is 0 Å². The molecule has 0 bridgehead atoms. The number of terminal acetylenes is 1. The van der Waals surface area contributed by atoms with Crippen molar-refractivity contribution >= 4 is 5.71 Å². The predicted molar refractivity (Wildman–Crippen MR) is 94.7 cm³/mol. The topological polar surface area (TPSA) is 52.8 Å². The molecule has 4 rings (SSSR count). The second-order valence-electron chi connectivity index (χ2n) is 7.37. The molecule has 3 unspecified atom stereocenters. The van der Waals surface area contributed by atoms with Gasteiger partial charge >= 0.3 is 0 Å². The Morgan fingerprint density at radius 2 is 2.25 bits per heavy atom. The van der Waals surface area contributed by atoms with Crippen molar-refractivity contribution in [3.05, 3.63) is 11.6 Å². The number of aliphatic hydroxyl groups is 1. The van der Waals surface area contributed by atoms with Crippen LogP contribution in [0.25, 0.3) is 0 Å². The van der Waals surface area contributed by atoms with Crippen molar-refractivity contribution in [2.24, 2.45) is 34.2 Å². The fourth-order valence-electron chi connectivity index (χ4n) is 5.60. The molecule has 2 N–H and O–H groups in total. The van der Waals surface area contributed by atoms with E-state index in [9.17, 15) is 11.7 Å². The molecule has 3 heteroatoms. The summed E-state index contributed by atoms with van der Waals surface area (Å²) in [5, 5.41) is 23.7. The lowest BCUT2D eigenvalue weighted by Crippen LogP contribution is -2.53. The largest absolute Gasteiger partial charge is 0.411 e. The maximum Gasteiger partial charge on any atom is 0.131 e. The molecule has 0 aromatic heterocycles. The van der Waals surface area contributed by atoms with E-state index < -0.39 is 72.0 Å². The number of rotatable bonds is 1. The Hall–Kier alpha value is -1.27. The van der Waals surface area contributed by atoms with Gasteiger partial charge < -0.3 is 10.3 Å². The van der Waals surface area contributed by atoms with Gasteiger partial charge in [0.05, 0.1) is 7.08 Å². The van der Waals surface area contributed by atoms with Crippen LogP contribution in [0.4, 0.5) is 0 Å². The van der Waals surface area contributed by atoms with E-state index >= 15 is 0 Å². The zero-order chi connectivity index (χ0) is 24.1. The molecular weight excluding hydrogens is 298 g/mol. The van der Waals surface area contributed by atoms with Gasteiger partial charge in [-0.25, -0.2) is 0 Å². The van der Waals surface area contributed by atoms with Crippen LogP contribution in [0.5, 0.6) is 0 Å². The number of nitrogens with zero attached hydrogens (tertiary/aromatic N) is 1. The molecule has 24 heavy (non-hydrogen) atoms. The molecule has 3 nitrogen and oxygen atoms in total. The quantitative estimate of drug-likeness (QED) is 0.430. The van der Waals surface area contributed by atoms with Crippen molar-refractivity contribution in [1.82, 2.24) is 0 Å². The molecule has 0 aliphatic heterocycles. The van der Waals surface area contributed by atoms with Crippen LogP contribution in [-0.2, 0) is 0 Å². The lowest BCUT2D eigenvalue weighted by atomic mass is 9.49. The average molecular weight is 336 g/mol. The van der Waals surface area contributed by atoms with Crippen molar-refractivity contribution in [3.8, 4) is 12.3 Å². The second kappa shape index (κ2) is 5.63. The summed E-state index contributed by atoms with van der Waals surface area (Å²) in [7, 11) is 0. The van der Waals surface area contributed by atoms with Crippen LogP contribution in [0.3, 0.4) is 0 Å². The first-order valence-corrected chi connectivity index (χ1v) is 8.73. The molecule has 0 aromatic rings. The molecule has 4 aliphatic carbocycles. The standard InChI is InChI=1S/C21H29NO2/c1-3-20-11-9-17-16-8-6-15(22-24)13-14(16)5-7-18(17)19(20)10-12-21(20,23)4-2/h2,13,16-19,23-24H,3,5-12H2,1H3/t16-,17?,18?,19?,20-,21-/m0/s1/i5D2,6D2,12D2,13D,16D. The van der Waals surface area contributed by atoms with Crippen LogP contribution in [0.2, 0.25) is 0 Å². The Labute approximate surface area is 156 Å². The molecule has 130 valence electrons. The number of hydrogen-bond donors (Lipinski definition) is 2. The van der Waals surface area contributed by atoms with Crippen LogP contribution < -0.4 is 0 Å². The summed E-state index contributed by atoms with van der Waals surface area (Å²) >= 11 is 0. The fourth-order valence-corrected chi connectivity index (χ4v) is 5.60. The summed E-state index contributed by atoms with van der Waals surface area (Å²) in [5.41, 5.74) is -3.70. The molecular formula is C21H29NO2. The average Bonchev–Trinajstić information content (AvgIpc) is 2.84. The highest BCUT2D eigenvalue weighted by Gasteiger charge is 2.63. The number of hydrogen-bond acceptors (Lipinski definition) is 3. The van der Waals surface area contributed by atoms with Gasteiger partial charge in [-0.3, -0.25) is 0 Å². The Morgan fingerprint density at radius 3 is 2.96 bits per heavy atom. The van der Waals surface area contributed by atoms with Crippen LogP contribution in [0.15, 0.2) is 16.8 Å². The highest BCUT2D eigenvalue weighted by molar-refractivity contribution is 5.96. The third kappa shape index (κ3) is 1.99. The Morgan fingerprint density at radius 1 is 1.42 bits per heavy atom. The minimum atomic E-state index is -2.28. The van der Waals surface area contributed by atoms with Gasteiger partial charge in [-0.1, -0.05) is 23.6 Å². The van der Waals surface area contributed by atoms with Gasteiger partial charge in [0.15, 0.2) is 0 Å². The van der Waals surface area contributed by atoms with E-state index in [1.54, 1.807) is 0 Å². The summed E-state index contributed by atoms with van der Waals surface area (Å²) in [6.45, 7) is 1.85. The lowest BCUT2D eigenvalue weighted by molar-refractivity contribution is -0.0989. The van der Waals surface area contributed by atoms with E-state index in [-0.39, 0.29) is 18.4 Å². The molecule has 3 fully saturated rings. The zero-order valence-corrected chi connectivity index (χ0v) is 13.9. The first-order valence-electron chi connectivity index (χ1n) is 12.7. The summed E-state index contributed by atoms with van der Waals surface area (Å²) in [5.74, 6) is -0.925. The van der Waals surface area contributed by atoms with E-state index in [0.29, 0.717) is 19.3 Å². The third-order valence-corrected chi connectivity index (χ3v) is 6.86. The minimum Gasteiger partial charge on any atom is -0.411 e. The van der Waals surface area contributed by atoms with Crippen molar-refractivity contribution in [2.75, 3.05) is 0 Å². The first kappa shape index (κ1) is 9.43. The molecule has 0 spiro atoms. The van der Waals surface area contributed by atoms with Crippen LogP contribution in [0, 0.1) is 41.4 Å². The maximum atomic E-state index is 11.4. The van der Waals surface area contributed by atoms with Crippen LogP contribution in [-0.4, -0.2) is 21.6 Å². The van der Waals surface area contributed by atoms with E-state index in [1.165, 1.54) is 0 Å². The van der Waals surface area contributed by atoms with Crippen molar-refractivity contribution < 1.29 is 21.3 Å². The van der Waals surface area contributed by atoms with E-state index in [2.05, 4.69) is 11.1 Å².